The molecule has 0 atom stereocenters. The predicted molar refractivity (Wildman–Crippen MR) is 55.4 cm³/mol. The summed E-state index contributed by atoms with van der Waals surface area (Å²) >= 11 is 0. The van der Waals surface area contributed by atoms with Crippen molar-refractivity contribution in [3.63, 3.8) is 0 Å². The zero-order chi connectivity index (χ0) is 12.0. The zero-order valence-electron chi connectivity index (χ0n) is 9.52. The molecule has 0 spiro atoms. The molecular weight excluding hydrogens is 221 g/mol. The molecule has 1 N–H and O–H groups in total. The number of hydrogen-bond donors (Lipinski definition) is 1. The summed E-state index contributed by atoms with van der Waals surface area (Å²) in [6, 6.07) is 0.725. The number of halogens is 3. The lowest BCUT2D eigenvalue weighted by Gasteiger charge is -2.15. The monoisotopic (exact) mass is 240 g/mol. The van der Waals surface area contributed by atoms with Crippen molar-refractivity contribution in [1.29, 1.82) is 0 Å². The topological polar surface area (TPSA) is 24.5 Å². The van der Waals surface area contributed by atoms with Crippen LogP contribution >= 0.6 is 0 Å². The van der Waals surface area contributed by atoms with Gasteiger partial charge in [-0.15, -0.1) is 0 Å². The molecule has 0 aliphatic heterocycles. The molecule has 0 radical (unpaired) electrons. The third kappa shape index (κ3) is 7.03. The standard InChI is InChI=1S/C10H19F3N2O/c1-15(9-2-3-9)6-4-14-5-7-16-8-10(11,12)13/h9,14H,2-8H2,1H3. The molecule has 0 saturated heterocycles. The van der Waals surface area contributed by atoms with Gasteiger partial charge in [0.25, 0.3) is 0 Å². The summed E-state index contributed by atoms with van der Waals surface area (Å²) in [6.45, 7) is 1.14. The van der Waals surface area contributed by atoms with Gasteiger partial charge < -0.3 is 15.0 Å². The van der Waals surface area contributed by atoms with Crippen LogP contribution in [0, 0.1) is 0 Å². The average Bonchev–Trinajstić information content (AvgIpc) is 2.97. The Balaban J connectivity index is 1.81. The van der Waals surface area contributed by atoms with E-state index in [1.165, 1.54) is 12.8 Å². The lowest BCUT2D eigenvalue weighted by molar-refractivity contribution is -0.173. The van der Waals surface area contributed by atoms with E-state index >= 15 is 0 Å². The maximum absolute atomic E-state index is 11.7. The van der Waals surface area contributed by atoms with E-state index in [1.807, 2.05) is 0 Å². The molecule has 0 heterocycles. The van der Waals surface area contributed by atoms with Crippen LogP contribution in [-0.4, -0.2) is 57.0 Å². The van der Waals surface area contributed by atoms with E-state index in [0.29, 0.717) is 6.54 Å². The van der Waals surface area contributed by atoms with Crippen molar-refractivity contribution in [3.8, 4) is 0 Å². The van der Waals surface area contributed by atoms with Crippen molar-refractivity contribution in [2.24, 2.45) is 0 Å². The summed E-state index contributed by atoms with van der Waals surface area (Å²) in [4.78, 5) is 2.27. The van der Waals surface area contributed by atoms with Crippen molar-refractivity contribution >= 4 is 0 Å². The van der Waals surface area contributed by atoms with Gasteiger partial charge in [-0.05, 0) is 19.9 Å². The van der Waals surface area contributed by atoms with Gasteiger partial charge in [-0.2, -0.15) is 13.2 Å². The van der Waals surface area contributed by atoms with Gasteiger partial charge in [0.15, 0.2) is 0 Å². The van der Waals surface area contributed by atoms with E-state index in [4.69, 9.17) is 0 Å². The van der Waals surface area contributed by atoms with E-state index in [1.54, 1.807) is 0 Å². The molecule has 0 amide bonds. The highest BCUT2D eigenvalue weighted by Crippen LogP contribution is 2.24. The highest BCUT2D eigenvalue weighted by Gasteiger charge is 2.27. The molecule has 1 aliphatic rings. The van der Waals surface area contributed by atoms with Gasteiger partial charge in [-0.25, -0.2) is 0 Å². The maximum atomic E-state index is 11.7. The van der Waals surface area contributed by atoms with E-state index in [2.05, 4.69) is 22.0 Å². The smallest absolute Gasteiger partial charge is 0.371 e. The molecule has 0 unspecified atom stereocenters. The largest absolute Gasteiger partial charge is 0.411 e. The van der Waals surface area contributed by atoms with Crippen LogP contribution in [0.4, 0.5) is 13.2 Å². The Hall–Kier alpha value is -0.330. The van der Waals surface area contributed by atoms with Crippen LogP contribution in [0.2, 0.25) is 0 Å². The fraction of sp³-hybridized carbons (Fsp3) is 1.00. The van der Waals surface area contributed by atoms with Crippen LogP contribution in [0.25, 0.3) is 0 Å². The number of rotatable bonds is 8. The minimum absolute atomic E-state index is 0.104. The van der Waals surface area contributed by atoms with Crippen molar-refractivity contribution in [2.45, 2.75) is 25.1 Å². The predicted octanol–water partition coefficient (Wildman–Crippen LogP) is 1.25. The van der Waals surface area contributed by atoms with Gasteiger partial charge in [0.05, 0.1) is 6.61 Å². The molecule has 0 bridgehead atoms. The number of hydrogen-bond acceptors (Lipinski definition) is 3. The molecule has 1 rings (SSSR count). The van der Waals surface area contributed by atoms with Crippen LogP contribution < -0.4 is 5.32 Å². The summed E-state index contributed by atoms with van der Waals surface area (Å²) in [5.41, 5.74) is 0. The Kier molecular flexibility index (Phi) is 5.51. The van der Waals surface area contributed by atoms with Crippen LogP contribution in [0.15, 0.2) is 0 Å². The van der Waals surface area contributed by atoms with E-state index in [0.717, 1.165) is 19.1 Å². The molecule has 0 aromatic carbocycles. The first-order chi connectivity index (χ1) is 7.49. The summed E-state index contributed by atoms with van der Waals surface area (Å²) in [5, 5.41) is 3.05. The number of likely N-dealkylation sites (N-methyl/N-ethyl adjacent to an activating group) is 1. The lowest BCUT2D eigenvalue weighted by Crippen LogP contribution is -2.32. The molecule has 0 aromatic heterocycles. The summed E-state index contributed by atoms with van der Waals surface area (Å²) < 4.78 is 39.5. The second-order valence-corrected chi connectivity index (χ2v) is 4.13. The zero-order valence-corrected chi connectivity index (χ0v) is 9.52. The minimum atomic E-state index is -4.22. The van der Waals surface area contributed by atoms with Crippen LogP contribution in [0.1, 0.15) is 12.8 Å². The Labute approximate surface area is 93.9 Å². The second-order valence-electron chi connectivity index (χ2n) is 4.13. The Bertz CT molecular complexity index is 195. The van der Waals surface area contributed by atoms with Gasteiger partial charge in [-0.3, -0.25) is 0 Å². The fourth-order valence-electron chi connectivity index (χ4n) is 1.41. The van der Waals surface area contributed by atoms with Gasteiger partial charge >= 0.3 is 6.18 Å². The molecule has 3 nitrogen and oxygen atoms in total. The summed E-state index contributed by atoms with van der Waals surface area (Å²) in [6.07, 6.45) is -1.68. The molecule has 6 heteroatoms. The van der Waals surface area contributed by atoms with Crippen molar-refractivity contribution in [2.75, 3.05) is 39.9 Å². The summed E-state index contributed by atoms with van der Waals surface area (Å²) in [7, 11) is 2.07. The first-order valence-corrected chi connectivity index (χ1v) is 5.54. The van der Waals surface area contributed by atoms with Gasteiger partial charge in [0.2, 0.25) is 0 Å². The second kappa shape index (κ2) is 6.42. The lowest BCUT2D eigenvalue weighted by atomic mass is 10.5. The molecule has 16 heavy (non-hydrogen) atoms. The van der Waals surface area contributed by atoms with Crippen molar-refractivity contribution < 1.29 is 17.9 Å². The molecule has 96 valence electrons. The highest BCUT2D eigenvalue weighted by atomic mass is 19.4. The number of nitrogens with one attached hydrogen (secondary N) is 1. The number of nitrogens with zero attached hydrogens (tertiary/aromatic N) is 1. The van der Waals surface area contributed by atoms with E-state index < -0.39 is 12.8 Å². The third-order valence-corrected chi connectivity index (χ3v) is 2.50. The first kappa shape index (κ1) is 13.7. The minimum Gasteiger partial charge on any atom is -0.371 e. The third-order valence-electron chi connectivity index (χ3n) is 2.50. The van der Waals surface area contributed by atoms with E-state index in [9.17, 15) is 13.2 Å². The fourth-order valence-corrected chi connectivity index (χ4v) is 1.41. The first-order valence-electron chi connectivity index (χ1n) is 5.54. The van der Waals surface area contributed by atoms with E-state index in [-0.39, 0.29) is 6.61 Å². The molecule has 0 aromatic rings. The molecule has 1 aliphatic carbocycles. The van der Waals surface area contributed by atoms with Crippen molar-refractivity contribution in [3.05, 3.63) is 0 Å². The van der Waals surface area contributed by atoms with Gasteiger partial charge in [0, 0.05) is 25.7 Å². The van der Waals surface area contributed by atoms with Crippen LogP contribution in [0.3, 0.4) is 0 Å². The maximum Gasteiger partial charge on any atom is 0.411 e. The quantitative estimate of drug-likeness (QED) is 0.646. The Morgan fingerprint density at radius 2 is 2.00 bits per heavy atom. The van der Waals surface area contributed by atoms with Crippen LogP contribution in [-0.2, 0) is 4.74 Å². The number of alkyl halides is 3. The Morgan fingerprint density at radius 1 is 1.31 bits per heavy atom. The number of ether oxygens (including phenoxy) is 1. The molecule has 1 saturated carbocycles. The van der Waals surface area contributed by atoms with Crippen molar-refractivity contribution in [1.82, 2.24) is 10.2 Å². The average molecular weight is 240 g/mol. The van der Waals surface area contributed by atoms with Crippen LogP contribution in [0.5, 0.6) is 0 Å². The van der Waals surface area contributed by atoms with Gasteiger partial charge in [0.1, 0.15) is 6.61 Å². The van der Waals surface area contributed by atoms with Gasteiger partial charge in [-0.1, -0.05) is 0 Å². The summed E-state index contributed by atoms with van der Waals surface area (Å²) in [5.74, 6) is 0. The Morgan fingerprint density at radius 3 is 2.56 bits per heavy atom. The molecular formula is C10H19F3N2O. The SMILES string of the molecule is CN(CCNCCOCC(F)(F)F)C1CC1. The highest BCUT2D eigenvalue weighted by molar-refractivity contribution is 4.82. The molecule has 1 fully saturated rings. The normalized spacial score (nSPS) is 17.1.